The van der Waals surface area contributed by atoms with Crippen molar-refractivity contribution < 1.29 is 19.2 Å². The lowest BCUT2D eigenvalue weighted by molar-refractivity contribution is -0.396. The van der Waals surface area contributed by atoms with Crippen LogP contribution in [0.25, 0.3) is 0 Å². The topological polar surface area (TPSA) is 156 Å². The molecular weight excluding hydrogens is 354 g/mol. The van der Waals surface area contributed by atoms with Gasteiger partial charge in [-0.15, -0.1) is 0 Å². The molecule has 1 rings (SSSR count). The average Bonchev–Trinajstić information content (AvgIpc) is 3.02. The lowest BCUT2D eigenvalue weighted by Crippen LogP contribution is -2.47. The highest BCUT2D eigenvalue weighted by atomic mass is 16.6. The van der Waals surface area contributed by atoms with Crippen LogP contribution >= 0.6 is 0 Å². The van der Waals surface area contributed by atoms with E-state index in [9.17, 15) is 19.7 Å². The van der Waals surface area contributed by atoms with E-state index in [1.54, 1.807) is 27.7 Å². The molecule has 0 saturated heterocycles. The normalized spacial score (nSPS) is 14.6. The zero-order valence-electron chi connectivity index (χ0n) is 16.5. The van der Waals surface area contributed by atoms with E-state index >= 15 is 0 Å². The molecule has 0 spiro atoms. The number of carbonyl (C=O) groups excluding carboxylic acids is 2. The number of hydrogen-bond donors (Lipinski definition) is 2. The molecule has 0 aliphatic carbocycles. The number of rotatable bonds is 11. The Labute approximate surface area is 158 Å². The maximum Gasteiger partial charge on any atom is 0.434 e. The number of ketones is 2. The molecule has 10 nitrogen and oxygen atoms in total. The van der Waals surface area contributed by atoms with E-state index in [1.165, 1.54) is 23.9 Å². The van der Waals surface area contributed by atoms with Crippen LogP contribution in [0.3, 0.4) is 0 Å². The zero-order chi connectivity index (χ0) is 21.0. The monoisotopic (exact) mass is 383 g/mol. The number of nitro groups is 1. The van der Waals surface area contributed by atoms with Crippen LogP contribution in [0.1, 0.15) is 41.0 Å². The highest BCUT2D eigenvalue weighted by molar-refractivity contribution is 5.84. The third kappa shape index (κ3) is 5.41. The smallest absolute Gasteiger partial charge is 0.390 e. The fourth-order valence-electron chi connectivity index (χ4n) is 2.25. The van der Waals surface area contributed by atoms with Gasteiger partial charge in [-0.1, -0.05) is 18.8 Å². The number of ether oxygens (including phenoxy) is 1. The third-order valence-electron chi connectivity index (χ3n) is 5.16. The summed E-state index contributed by atoms with van der Waals surface area (Å²) < 4.78 is 6.71. The Morgan fingerprint density at radius 3 is 2.41 bits per heavy atom. The summed E-state index contributed by atoms with van der Waals surface area (Å²) in [4.78, 5) is 38.1. The first-order valence-electron chi connectivity index (χ1n) is 8.64. The molecule has 0 aliphatic heterocycles. The lowest BCUT2D eigenvalue weighted by Gasteiger charge is -2.32. The predicted molar refractivity (Wildman–Crippen MR) is 98.7 cm³/mol. The first-order chi connectivity index (χ1) is 12.3. The van der Waals surface area contributed by atoms with Crippen LogP contribution in [0.5, 0.6) is 0 Å². The van der Waals surface area contributed by atoms with Gasteiger partial charge in [0.05, 0.1) is 12.0 Å². The summed E-state index contributed by atoms with van der Waals surface area (Å²) in [5.74, 6) is -0.741. The van der Waals surface area contributed by atoms with Crippen molar-refractivity contribution in [3.63, 3.8) is 0 Å². The summed E-state index contributed by atoms with van der Waals surface area (Å²) in [5, 5.41) is 10.9. The number of carbonyl (C=O) groups is 2. The molecule has 27 heavy (non-hydrogen) atoms. The number of imidazole rings is 1. The fraction of sp³-hybridized carbons (Fsp3) is 0.706. The largest absolute Gasteiger partial charge is 0.434 e. The zero-order valence-corrected chi connectivity index (χ0v) is 16.5. The van der Waals surface area contributed by atoms with Gasteiger partial charge >= 0.3 is 5.95 Å². The Morgan fingerprint density at radius 1 is 1.30 bits per heavy atom. The number of nitrogens with zero attached hydrogens (tertiary/aromatic N) is 3. The van der Waals surface area contributed by atoms with Gasteiger partial charge in [-0.2, -0.15) is 0 Å². The Balaban J connectivity index is 2.66. The number of nitrogens with two attached hydrogens (primary N) is 2. The fourth-order valence-corrected chi connectivity index (χ4v) is 2.25. The van der Waals surface area contributed by atoms with E-state index in [-0.39, 0.29) is 24.7 Å². The standard InChI is InChI=1S/C17H29N5O5/c1-11(23)16(2,3)14(19)27-9-6-12(18)17(4,5)13(24)10-21-8-7-20-15(21)22(25)26/h7-8,12,14H,6,9-10,18-19H2,1-5H3. The van der Waals surface area contributed by atoms with Crippen LogP contribution in [-0.2, 0) is 20.9 Å². The quantitative estimate of drug-likeness (QED) is 0.326. The molecule has 10 heteroatoms. The SMILES string of the molecule is CC(=O)C(C)(C)C(N)OCCC(N)C(C)(C)C(=O)Cn1ccnc1[N+](=O)[O-]. The second kappa shape index (κ2) is 8.68. The Kier molecular flexibility index (Phi) is 7.35. The van der Waals surface area contributed by atoms with Crippen LogP contribution in [0.4, 0.5) is 5.95 Å². The first kappa shape index (κ1) is 22.9. The molecule has 0 bridgehead atoms. The van der Waals surface area contributed by atoms with Crippen molar-refractivity contribution in [2.24, 2.45) is 22.3 Å². The second-order valence-corrected chi connectivity index (χ2v) is 7.72. The second-order valence-electron chi connectivity index (χ2n) is 7.72. The maximum absolute atomic E-state index is 12.6. The van der Waals surface area contributed by atoms with Crippen molar-refractivity contribution in [3.8, 4) is 0 Å². The summed E-state index contributed by atoms with van der Waals surface area (Å²) in [6.07, 6.45) is 2.20. The molecular formula is C17H29N5O5. The Bertz CT molecular complexity index is 698. The summed E-state index contributed by atoms with van der Waals surface area (Å²) >= 11 is 0. The van der Waals surface area contributed by atoms with Crippen molar-refractivity contribution in [1.82, 2.24) is 9.55 Å². The van der Waals surface area contributed by atoms with Crippen molar-refractivity contribution in [3.05, 3.63) is 22.5 Å². The van der Waals surface area contributed by atoms with Gasteiger partial charge < -0.3 is 26.3 Å². The first-order valence-corrected chi connectivity index (χ1v) is 8.64. The molecule has 1 aromatic heterocycles. The van der Waals surface area contributed by atoms with Crippen LogP contribution in [0.15, 0.2) is 12.4 Å². The Hall–Kier alpha value is -2.17. The predicted octanol–water partition coefficient (Wildman–Crippen LogP) is 1.02. The molecule has 0 amide bonds. The molecule has 1 heterocycles. The van der Waals surface area contributed by atoms with Gasteiger partial charge in [-0.05, 0) is 32.1 Å². The number of hydrogen-bond acceptors (Lipinski definition) is 8. The van der Waals surface area contributed by atoms with E-state index < -0.39 is 34.0 Å². The molecule has 0 radical (unpaired) electrons. The van der Waals surface area contributed by atoms with Crippen molar-refractivity contribution in [2.75, 3.05) is 6.61 Å². The van der Waals surface area contributed by atoms with Gasteiger partial charge in [0.25, 0.3) is 0 Å². The molecule has 1 aromatic rings. The summed E-state index contributed by atoms with van der Waals surface area (Å²) in [7, 11) is 0. The van der Waals surface area contributed by atoms with Crippen molar-refractivity contribution >= 4 is 17.5 Å². The molecule has 0 fully saturated rings. The minimum Gasteiger partial charge on any atom is -0.390 e. The van der Waals surface area contributed by atoms with E-state index in [0.717, 1.165) is 0 Å². The van der Waals surface area contributed by atoms with Gasteiger partial charge in [0.1, 0.15) is 30.9 Å². The van der Waals surface area contributed by atoms with Gasteiger partial charge in [0.15, 0.2) is 5.78 Å². The summed E-state index contributed by atoms with van der Waals surface area (Å²) in [6.45, 7) is 8.20. The van der Waals surface area contributed by atoms with Crippen molar-refractivity contribution in [1.29, 1.82) is 0 Å². The minimum absolute atomic E-state index is 0.0864. The van der Waals surface area contributed by atoms with E-state index in [4.69, 9.17) is 16.2 Å². The molecule has 4 N–H and O–H groups in total. The third-order valence-corrected chi connectivity index (χ3v) is 5.16. The lowest BCUT2D eigenvalue weighted by atomic mass is 9.79. The highest BCUT2D eigenvalue weighted by Gasteiger charge is 2.37. The van der Waals surface area contributed by atoms with Crippen LogP contribution in [-0.4, -0.2) is 44.9 Å². The summed E-state index contributed by atoms with van der Waals surface area (Å²) in [6, 6.07) is -0.555. The van der Waals surface area contributed by atoms with Crippen LogP contribution in [0, 0.1) is 20.9 Å². The van der Waals surface area contributed by atoms with Crippen LogP contribution in [0.2, 0.25) is 0 Å². The van der Waals surface area contributed by atoms with Gasteiger partial charge in [0.2, 0.25) is 0 Å². The number of aromatic nitrogens is 2. The molecule has 0 aliphatic rings. The van der Waals surface area contributed by atoms with E-state index in [2.05, 4.69) is 4.98 Å². The maximum atomic E-state index is 12.6. The molecule has 2 unspecified atom stereocenters. The molecule has 0 saturated carbocycles. The van der Waals surface area contributed by atoms with Gasteiger partial charge in [-0.25, -0.2) is 4.57 Å². The van der Waals surface area contributed by atoms with Gasteiger partial charge in [0, 0.05) is 11.5 Å². The molecule has 152 valence electrons. The minimum atomic E-state index is -0.943. The van der Waals surface area contributed by atoms with E-state index in [0.29, 0.717) is 6.42 Å². The molecule has 0 aromatic carbocycles. The Morgan fingerprint density at radius 2 is 1.89 bits per heavy atom. The highest BCUT2D eigenvalue weighted by Crippen LogP contribution is 2.26. The van der Waals surface area contributed by atoms with Gasteiger partial charge in [-0.3, -0.25) is 9.59 Å². The number of Topliss-reactive ketones (excluding diaryl/α,β-unsaturated/α-hetero) is 2. The summed E-state index contributed by atoms with van der Waals surface area (Å²) in [5.41, 5.74) is 10.3. The van der Waals surface area contributed by atoms with E-state index in [1.807, 2.05) is 0 Å². The van der Waals surface area contributed by atoms with Crippen molar-refractivity contribution in [2.45, 2.75) is 59.9 Å². The van der Waals surface area contributed by atoms with Crippen LogP contribution < -0.4 is 11.5 Å². The molecule has 2 atom stereocenters. The average molecular weight is 383 g/mol.